The summed E-state index contributed by atoms with van der Waals surface area (Å²) in [5.41, 5.74) is 2.54. The fraction of sp³-hybridized carbons (Fsp3) is 0.533. The quantitative estimate of drug-likeness (QED) is 0.770. The van der Waals surface area contributed by atoms with Gasteiger partial charge in [0.15, 0.2) is 0 Å². The van der Waals surface area contributed by atoms with Gasteiger partial charge in [-0.25, -0.2) is 0 Å². The van der Waals surface area contributed by atoms with Crippen molar-refractivity contribution in [2.24, 2.45) is 0 Å². The molecule has 1 aromatic carbocycles. The number of benzene rings is 1. The molecule has 0 unspecified atom stereocenters. The van der Waals surface area contributed by atoms with E-state index in [1.54, 1.807) is 0 Å². The Bertz CT molecular complexity index is 377. The first-order valence-corrected chi connectivity index (χ1v) is 6.67. The summed E-state index contributed by atoms with van der Waals surface area (Å²) < 4.78 is 0. The maximum Gasteiger partial charge on any atom is 0.317 e. The van der Waals surface area contributed by atoms with Crippen molar-refractivity contribution in [3.8, 4) is 0 Å². The zero-order chi connectivity index (χ0) is 13.4. The van der Waals surface area contributed by atoms with Crippen molar-refractivity contribution >= 4 is 5.97 Å². The van der Waals surface area contributed by atoms with Crippen molar-refractivity contribution in [3.63, 3.8) is 0 Å². The lowest BCUT2D eigenvalue weighted by molar-refractivity contribution is -0.138. The third kappa shape index (κ3) is 5.32. The van der Waals surface area contributed by atoms with Gasteiger partial charge in [0, 0.05) is 6.54 Å². The van der Waals surface area contributed by atoms with Gasteiger partial charge in [-0.1, -0.05) is 44.5 Å². The molecule has 0 aliphatic carbocycles. The average Bonchev–Trinajstić information content (AvgIpc) is 2.29. The summed E-state index contributed by atoms with van der Waals surface area (Å²) in [6.45, 7) is 5.90. The average molecular weight is 249 g/mol. The largest absolute Gasteiger partial charge is 0.480 e. The molecule has 0 aliphatic rings. The van der Waals surface area contributed by atoms with Gasteiger partial charge in [0.2, 0.25) is 0 Å². The van der Waals surface area contributed by atoms with Crippen LogP contribution in [0.3, 0.4) is 0 Å². The third-order valence-corrected chi connectivity index (χ3v) is 2.83. The van der Waals surface area contributed by atoms with Crippen LogP contribution in [0, 0.1) is 0 Å². The summed E-state index contributed by atoms with van der Waals surface area (Å²) in [5.74, 6) is -0.756. The van der Waals surface area contributed by atoms with E-state index in [-0.39, 0.29) is 6.54 Å². The molecule has 0 saturated carbocycles. The predicted octanol–water partition coefficient (Wildman–Crippen LogP) is 2.94. The second-order valence-electron chi connectivity index (χ2n) is 4.67. The van der Waals surface area contributed by atoms with Crippen molar-refractivity contribution in [1.29, 1.82) is 0 Å². The Hall–Kier alpha value is -1.35. The predicted molar refractivity (Wildman–Crippen MR) is 73.6 cm³/mol. The van der Waals surface area contributed by atoms with Gasteiger partial charge in [0.1, 0.15) is 0 Å². The van der Waals surface area contributed by atoms with E-state index in [0.717, 1.165) is 32.4 Å². The van der Waals surface area contributed by atoms with E-state index in [9.17, 15) is 4.79 Å². The summed E-state index contributed by atoms with van der Waals surface area (Å²) in [6, 6.07) is 8.46. The first kappa shape index (κ1) is 14.7. The molecular formula is C15H23NO2. The third-order valence-electron chi connectivity index (χ3n) is 2.83. The standard InChI is InChI=1S/C15H23NO2/c1-3-6-13-7-5-8-14(10-13)11-16(9-4-2)12-15(17)18/h5,7-8,10H,3-4,6,9,11-12H2,1-2H3,(H,17,18). The highest BCUT2D eigenvalue weighted by Crippen LogP contribution is 2.10. The highest BCUT2D eigenvalue weighted by atomic mass is 16.4. The second kappa shape index (κ2) is 7.88. The maximum absolute atomic E-state index is 10.8. The van der Waals surface area contributed by atoms with Crippen LogP contribution in [0.2, 0.25) is 0 Å². The van der Waals surface area contributed by atoms with E-state index in [4.69, 9.17) is 5.11 Å². The van der Waals surface area contributed by atoms with E-state index < -0.39 is 5.97 Å². The first-order valence-electron chi connectivity index (χ1n) is 6.67. The summed E-state index contributed by atoms with van der Waals surface area (Å²) in [7, 11) is 0. The van der Waals surface area contributed by atoms with E-state index in [2.05, 4.69) is 38.1 Å². The Morgan fingerprint density at radius 2 is 1.94 bits per heavy atom. The Morgan fingerprint density at radius 3 is 2.56 bits per heavy atom. The zero-order valence-electron chi connectivity index (χ0n) is 11.4. The van der Waals surface area contributed by atoms with Crippen molar-refractivity contribution < 1.29 is 9.90 Å². The van der Waals surface area contributed by atoms with Crippen LogP contribution in [0.5, 0.6) is 0 Å². The Kier molecular flexibility index (Phi) is 6.44. The molecule has 0 aromatic heterocycles. The molecule has 1 N–H and O–H groups in total. The van der Waals surface area contributed by atoms with E-state index in [1.807, 2.05) is 4.90 Å². The number of hydrogen-bond donors (Lipinski definition) is 1. The van der Waals surface area contributed by atoms with Gasteiger partial charge in [0.25, 0.3) is 0 Å². The van der Waals surface area contributed by atoms with Gasteiger partial charge in [0.05, 0.1) is 6.54 Å². The lowest BCUT2D eigenvalue weighted by Crippen LogP contribution is -2.30. The number of aryl methyl sites for hydroxylation is 1. The molecule has 1 aromatic rings. The van der Waals surface area contributed by atoms with E-state index in [0.29, 0.717) is 0 Å². The molecule has 0 atom stereocenters. The number of rotatable bonds is 8. The molecule has 0 heterocycles. The fourth-order valence-corrected chi connectivity index (χ4v) is 2.15. The Balaban J connectivity index is 2.67. The molecular weight excluding hydrogens is 226 g/mol. The molecule has 0 bridgehead atoms. The van der Waals surface area contributed by atoms with Gasteiger partial charge in [-0.05, 0) is 30.5 Å². The molecule has 18 heavy (non-hydrogen) atoms. The highest BCUT2D eigenvalue weighted by Gasteiger charge is 2.09. The number of aliphatic carboxylic acids is 1. The number of hydrogen-bond acceptors (Lipinski definition) is 2. The number of carbonyl (C=O) groups is 1. The number of carboxylic acids is 1. The summed E-state index contributed by atoms with van der Waals surface area (Å²) in [4.78, 5) is 12.8. The van der Waals surface area contributed by atoms with Gasteiger partial charge in [-0.2, -0.15) is 0 Å². The molecule has 3 nitrogen and oxygen atoms in total. The van der Waals surface area contributed by atoms with Crippen molar-refractivity contribution in [2.45, 2.75) is 39.7 Å². The van der Waals surface area contributed by atoms with Crippen molar-refractivity contribution in [2.75, 3.05) is 13.1 Å². The van der Waals surface area contributed by atoms with Crippen LogP contribution >= 0.6 is 0 Å². The summed E-state index contributed by atoms with van der Waals surface area (Å²) in [5, 5.41) is 8.89. The van der Waals surface area contributed by atoms with Gasteiger partial charge in [-0.3, -0.25) is 9.69 Å². The minimum Gasteiger partial charge on any atom is -0.480 e. The van der Waals surface area contributed by atoms with Crippen LogP contribution in [-0.2, 0) is 17.8 Å². The van der Waals surface area contributed by atoms with E-state index in [1.165, 1.54) is 11.1 Å². The fourth-order valence-electron chi connectivity index (χ4n) is 2.15. The van der Waals surface area contributed by atoms with Gasteiger partial charge in [-0.15, -0.1) is 0 Å². The maximum atomic E-state index is 10.8. The van der Waals surface area contributed by atoms with Crippen LogP contribution in [0.4, 0.5) is 0 Å². The molecule has 100 valence electrons. The molecule has 0 amide bonds. The van der Waals surface area contributed by atoms with Crippen LogP contribution in [0.25, 0.3) is 0 Å². The molecule has 0 saturated heterocycles. The van der Waals surface area contributed by atoms with Gasteiger partial charge < -0.3 is 5.11 Å². The van der Waals surface area contributed by atoms with Crippen LogP contribution < -0.4 is 0 Å². The van der Waals surface area contributed by atoms with Crippen LogP contribution in [0.15, 0.2) is 24.3 Å². The zero-order valence-corrected chi connectivity index (χ0v) is 11.4. The minimum atomic E-state index is -0.756. The van der Waals surface area contributed by atoms with Crippen LogP contribution in [-0.4, -0.2) is 29.1 Å². The number of carboxylic acid groups (broad SMARTS) is 1. The lowest BCUT2D eigenvalue weighted by atomic mass is 10.1. The molecule has 0 aliphatic heterocycles. The summed E-state index contributed by atoms with van der Waals surface area (Å²) in [6.07, 6.45) is 3.19. The SMILES string of the molecule is CCCc1cccc(CN(CCC)CC(=O)O)c1. The normalized spacial score (nSPS) is 10.8. The molecule has 1 rings (SSSR count). The Labute approximate surface area is 109 Å². The summed E-state index contributed by atoms with van der Waals surface area (Å²) >= 11 is 0. The van der Waals surface area contributed by atoms with E-state index >= 15 is 0 Å². The number of nitrogens with zero attached hydrogens (tertiary/aromatic N) is 1. The molecule has 0 fully saturated rings. The van der Waals surface area contributed by atoms with Gasteiger partial charge >= 0.3 is 5.97 Å². The molecule has 0 radical (unpaired) electrons. The second-order valence-corrected chi connectivity index (χ2v) is 4.67. The smallest absolute Gasteiger partial charge is 0.317 e. The monoisotopic (exact) mass is 249 g/mol. The molecule has 0 spiro atoms. The van der Waals surface area contributed by atoms with Crippen molar-refractivity contribution in [1.82, 2.24) is 4.90 Å². The minimum absolute atomic E-state index is 0.117. The van der Waals surface area contributed by atoms with Crippen molar-refractivity contribution in [3.05, 3.63) is 35.4 Å². The first-order chi connectivity index (χ1) is 8.65. The molecule has 3 heteroatoms. The highest BCUT2D eigenvalue weighted by molar-refractivity contribution is 5.69. The van der Waals surface area contributed by atoms with Crippen LogP contribution in [0.1, 0.15) is 37.8 Å². The Morgan fingerprint density at radius 1 is 1.22 bits per heavy atom. The topological polar surface area (TPSA) is 40.5 Å². The lowest BCUT2D eigenvalue weighted by Gasteiger charge is -2.19.